The highest BCUT2D eigenvalue weighted by atomic mass is 35.7. The molecule has 19 heavy (non-hydrogen) atoms. The molecule has 0 spiro atoms. The summed E-state index contributed by atoms with van der Waals surface area (Å²) in [6, 6.07) is 6.67. The molecule has 3 atom stereocenters. The van der Waals surface area contributed by atoms with Crippen LogP contribution in [0, 0.1) is 6.92 Å². The second-order valence-corrected chi connectivity index (χ2v) is 7.47. The minimum atomic E-state index is -0.992. The molecule has 2 heterocycles. The summed E-state index contributed by atoms with van der Waals surface area (Å²) in [5, 5.41) is 0. The molecule has 0 N–H and O–H groups in total. The maximum atomic E-state index is 6.40. The van der Waals surface area contributed by atoms with Crippen LogP contribution < -0.4 is 4.74 Å². The predicted octanol–water partition coefficient (Wildman–Crippen LogP) is 4.18. The summed E-state index contributed by atoms with van der Waals surface area (Å²) in [6.45, 7) is 5.26. The molecule has 3 nitrogen and oxygen atoms in total. The number of hydrogen-bond acceptors (Lipinski definition) is 3. The lowest BCUT2D eigenvalue weighted by molar-refractivity contribution is 0.0864. The molecular formula is C14H19ClNO2P. The van der Waals surface area contributed by atoms with Crippen LogP contribution in [0.1, 0.15) is 30.9 Å². The summed E-state index contributed by atoms with van der Waals surface area (Å²) in [7, 11) is 0.723. The summed E-state index contributed by atoms with van der Waals surface area (Å²) in [4.78, 5) is 0. The van der Waals surface area contributed by atoms with Crippen molar-refractivity contribution < 1.29 is 9.26 Å². The zero-order chi connectivity index (χ0) is 13.6. The SMILES string of the molecule is COc1cc(C)ccc1[C@@]1(C)OP(Cl)N2CCC[C@H]21. The number of benzene rings is 1. The Hall–Kier alpha value is -0.340. The Balaban J connectivity index is 2.05. The third-order valence-electron chi connectivity index (χ3n) is 4.22. The second-order valence-electron chi connectivity index (χ2n) is 5.45. The Bertz CT molecular complexity index is 498. The van der Waals surface area contributed by atoms with Gasteiger partial charge in [0.15, 0.2) is 0 Å². The van der Waals surface area contributed by atoms with Crippen molar-refractivity contribution in [3.8, 4) is 5.75 Å². The average molecular weight is 300 g/mol. The lowest BCUT2D eigenvalue weighted by atomic mass is 9.86. The zero-order valence-electron chi connectivity index (χ0n) is 11.5. The number of rotatable bonds is 2. The molecule has 5 heteroatoms. The van der Waals surface area contributed by atoms with E-state index in [4.69, 9.17) is 20.5 Å². The molecular weight excluding hydrogens is 281 g/mol. The van der Waals surface area contributed by atoms with E-state index in [2.05, 4.69) is 36.7 Å². The van der Waals surface area contributed by atoms with E-state index in [0.717, 1.165) is 24.3 Å². The molecule has 1 aromatic rings. The Labute approximate surface area is 120 Å². The van der Waals surface area contributed by atoms with Gasteiger partial charge >= 0.3 is 0 Å². The molecule has 1 unspecified atom stereocenters. The van der Waals surface area contributed by atoms with E-state index >= 15 is 0 Å². The fourth-order valence-corrected chi connectivity index (χ4v) is 5.67. The van der Waals surface area contributed by atoms with E-state index in [0.29, 0.717) is 6.04 Å². The number of nitrogens with zero attached hydrogens (tertiary/aromatic N) is 1. The second kappa shape index (κ2) is 4.89. The van der Waals surface area contributed by atoms with Gasteiger partial charge in [0.05, 0.1) is 13.2 Å². The molecule has 0 saturated carbocycles. The number of ether oxygens (including phenoxy) is 1. The van der Waals surface area contributed by atoms with E-state index < -0.39 is 7.65 Å². The molecule has 2 saturated heterocycles. The van der Waals surface area contributed by atoms with E-state index in [1.165, 1.54) is 12.0 Å². The van der Waals surface area contributed by atoms with Crippen LogP contribution in [0.4, 0.5) is 0 Å². The first kappa shape index (κ1) is 13.6. The van der Waals surface area contributed by atoms with Crippen LogP contribution in [-0.4, -0.2) is 24.4 Å². The molecule has 1 aromatic carbocycles. The highest BCUT2D eigenvalue weighted by molar-refractivity contribution is 7.78. The van der Waals surface area contributed by atoms with Crippen molar-refractivity contribution in [3.05, 3.63) is 29.3 Å². The van der Waals surface area contributed by atoms with Crippen molar-refractivity contribution in [1.82, 2.24) is 4.67 Å². The molecule has 3 rings (SSSR count). The minimum absolute atomic E-state index is 0.358. The van der Waals surface area contributed by atoms with Crippen molar-refractivity contribution in [3.63, 3.8) is 0 Å². The highest BCUT2D eigenvalue weighted by Crippen LogP contribution is 2.65. The first-order valence-electron chi connectivity index (χ1n) is 6.63. The molecule has 0 aliphatic carbocycles. The standard InChI is InChI=1S/C14H19ClNO2P/c1-10-6-7-11(12(9-10)17-3)14(2)13-5-4-8-16(13)19(15)18-14/h6-7,9,13H,4-5,8H2,1-3H3/t13-,14+,19?/m0/s1. The van der Waals surface area contributed by atoms with E-state index in [-0.39, 0.29) is 5.60 Å². The molecule has 0 bridgehead atoms. The Kier molecular flexibility index (Phi) is 3.51. The van der Waals surface area contributed by atoms with Crippen LogP contribution in [-0.2, 0) is 10.1 Å². The minimum Gasteiger partial charge on any atom is -0.496 e. The summed E-state index contributed by atoms with van der Waals surface area (Å²) in [5.41, 5.74) is 1.95. The monoisotopic (exact) mass is 299 g/mol. The van der Waals surface area contributed by atoms with E-state index in [1.807, 2.05) is 0 Å². The van der Waals surface area contributed by atoms with Crippen LogP contribution in [0.3, 0.4) is 0 Å². The van der Waals surface area contributed by atoms with Gasteiger partial charge in [0.1, 0.15) is 11.4 Å². The summed E-state index contributed by atoms with van der Waals surface area (Å²) in [6.07, 6.45) is 2.34. The normalized spacial score (nSPS) is 34.5. The lowest BCUT2D eigenvalue weighted by Crippen LogP contribution is -2.37. The van der Waals surface area contributed by atoms with Gasteiger partial charge in [-0.05, 0) is 49.6 Å². The van der Waals surface area contributed by atoms with Gasteiger partial charge in [-0.25, -0.2) is 4.67 Å². The van der Waals surface area contributed by atoms with Crippen molar-refractivity contribution in [2.24, 2.45) is 0 Å². The number of aryl methyl sites for hydroxylation is 1. The molecule has 2 aliphatic rings. The third kappa shape index (κ3) is 2.08. The fourth-order valence-electron chi connectivity index (χ4n) is 3.21. The van der Waals surface area contributed by atoms with Gasteiger partial charge < -0.3 is 9.26 Å². The van der Waals surface area contributed by atoms with Crippen molar-refractivity contribution in [2.75, 3.05) is 13.7 Å². The van der Waals surface area contributed by atoms with Gasteiger partial charge in [-0.3, -0.25) is 0 Å². The first-order valence-corrected chi connectivity index (χ1v) is 8.74. The molecule has 0 radical (unpaired) electrons. The summed E-state index contributed by atoms with van der Waals surface area (Å²) in [5.74, 6) is 0.899. The van der Waals surface area contributed by atoms with Crippen LogP contribution in [0.2, 0.25) is 0 Å². The van der Waals surface area contributed by atoms with Gasteiger partial charge in [-0.2, -0.15) is 0 Å². The van der Waals surface area contributed by atoms with Crippen molar-refractivity contribution in [2.45, 2.75) is 38.3 Å². The predicted molar refractivity (Wildman–Crippen MR) is 78.7 cm³/mol. The van der Waals surface area contributed by atoms with Gasteiger partial charge in [0.25, 0.3) is 0 Å². The van der Waals surface area contributed by atoms with Crippen LogP contribution in [0.15, 0.2) is 18.2 Å². The highest BCUT2D eigenvalue weighted by Gasteiger charge is 2.54. The number of fused-ring (bicyclic) bond motifs is 1. The Morgan fingerprint density at radius 2 is 2.32 bits per heavy atom. The molecule has 2 fully saturated rings. The van der Waals surface area contributed by atoms with Crippen molar-refractivity contribution >= 4 is 18.9 Å². The zero-order valence-corrected chi connectivity index (χ0v) is 13.2. The fraction of sp³-hybridized carbons (Fsp3) is 0.571. The smallest absolute Gasteiger partial charge is 0.208 e. The quantitative estimate of drug-likeness (QED) is 0.765. The Morgan fingerprint density at radius 3 is 3.05 bits per heavy atom. The van der Waals surface area contributed by atoms with Gasteiger partial charge in [-0.1, -0.05) is 12.1 Å². The van der Waals surface area contributed by atoms with Gasteiger partial charge in [-0.15, -0.1) is 0 Å². The number of hydrogen-bond donors (Lipinski definition) is 0. The van der Waals surface area contributed by atoms with Gasteiger partial charge in [0.2, 0.25) is 7.65 Å². The largest absolute Gasteiger partial charge is 0.496 e. The molecule has 104 valence electrons. The van der Waals surface area contributed by atoms with E-state index in [1.54, 1.807) is 7.11 Å². The summed E-state index contributed by atoms with van der Waals surface area (Å²) < 4.78 is 14.0. The molecule has 0 aromatic heterocycles. The topological polar surface area (TPSA) is 21.7 Å². The van der Waals surface area contributed by atoms with Crippen molar-refractivity contribution in [1.29, 1.82) is 0 Å². The maximum absolute atomic E-state index is 6.40. The lowest BCUT2D eigenvalue weighted by Gasteiger charge is -2.30. The molecule has 2 aliphatic heterocycles. The first-order chi connectivity index (χ1) is 9.06. The van der Waals surface area contributed by atoms with Crippen LogP contribution in [0.5, 0.6) is 5.75 Å². The van der Waals surface area contributed by atoms with Gasteiger partial charge in [0, 0.05) is 12.1 Å². The maximum Gasteiger partial charge on any atom is 0.208 e. The van der Waals surface area contributed by atoms with E-state index in [9.17, 15) is 0 Å². The number of halogens is 1. The van der Waals surface area contributed by atoms with Crippen LogP contribution in [0.25, 0.3) is 0 Å². The average Bonchev–Trinajstić information content (AvgIpc) is 2.95. The van der Waals surface area contributed by atoms with Crippen LogP contribution >= 0.6 is 18.9 Å². The Morgan fingerprint density at radius 1 is 1.53 bits per heavy atom. The number of methoxy groups -OCH3 is 1. The molecule has 0 amide bonds. The summed E-state index contributed by atoms with van der Waals surface area (Å²) >= 11 is 6.40. The third-order valence-corrected chi connectivity index (χ3v) is 6.42.